The van der Waals surface area contributed by atoms with Crippen molar-refractivity contribution < 1.29 is 0 Å². The first-order chi connectivity index (χ1) is 9.97. The summed E-state index contributed by atoms with van der Waals surface area (Å²) in [4.78, 5) is 29.5. The second kappa shape index (κ2) is 5.85. The second-order valence-corrected chi connectivity index (χ2v) is 5.25. The van der Waals surface area contributed by atoms with Crippen LogP contribution in [0.25, 0.3) is 11.2 Å². The lowest BCUT2D eigenvalue weighted by Gasteiger charge is -2.14. The van der Waals surface area contributed by atoms with Crippen LogP contribution in [0.2, 0.25) is 0 Å². The molecule has 7 heteroatoms. The third kappa shape index (κ3) is 2.31. The van der Waals surface area contributed by atoms with Crippen LogP contribution < -0.4 is 16.6 Å². The van der Waals surface area contributed by atoms with Gasteiger partial charge in [0.25, 0.3) is 5.56 Å². The Labute approximate surface area is 123 Å². The molecular weight excluding hydrogens is 270 g/mol. The van der Waals surface area contributed by atoms with Gasteiger partial charge in [-0.1, -0.05) is 6.92 Å². The lowest BCUT2D eigenvalue weighted by molar-refractivity contribution is 0.499. The zero-order chi connectivity index (χ0) is 15.7. The minimum Gasteiger partial charge on any atom is -0.321 e. The molecule has 21 heavy (non-hydrogen) atoms. The molecule has 7 nitrogen and oxygen atoms in total. The van der Waals surface area contributed by atoms with Gasteiger partial charge in [-0.25, -0.2) is 9.78 Å². The van der Waals surface area contributed by atoms with E-state index in [1.165, 1.54) is 11.6 Å². The van der Waals surface area contributed by atoms with Gasteiger partial charge >= 0.3 is 5.69 Å². The number of nitrogens with one attached hydrogen (secondary N) is 1. The molecule has 0 aliphatic heterocycles. The number of imidazole rings is 1. The van der Waals surface area contributed by atoms with E-state index < -0.39 is 0 Å². The highest BCUT2D eigenvalue weighted by molar-refractivity contribution is 5.71. The van der Waals surface area contributed by atoms with Crippen LogP contribution in [0.5, 0.6) is 0 Å². The fourth-order valence-electron chi connectivity index (χ4n) is 2.58. The van der Waals surface area contributed by atoms with E-state index in [-0.39, 0.29) is 17.3 Å². The number of aryl methyl sites for hydroxylation is 1. The van der Waals surface area contributed by atoms with E-state index in [0.717, 1.165) is 12.2 Å². The summed E-state index contributed by atoms with van der Waals surface area (Å²) in [5, 5.41) is 3.05. The third-order valence-corrected chi connectivity index (χ3v) is 3.94. The van der Waals surface area contributed by atoms with E-state index in [1.807, 2.05) is 32.4 Å². The van der Waals surface area contributed by atoms with E-state index >= 15 is 0 Å². The van der Waals surface area contributed by atoms with Gasteiger partial charge in [0, 0.05) is 19.6 Å². The average Bonchev–Trinajstić information content (AvgIpc) is 2.83. The van der Waals surface area contributed by atoms with Crippen LogP contribution in [0.4, 0.5) is 0 Å². The van der Waals surface area contributed by atoms with Crippen molar-refractivity contribution >= 4 is 11.2 Å². The standard InChI is InChI=1S/C14H23N5O2/c1-6-9(3)19-12-11(13(20)17(5)14(19)21)18(7-2)10(16-12)8-15-4/h9,15H,6-8H2,1-5H3. The maximum atomic E-state index is 12.5. The van der Waals surface area contributed by atoms with Gasteiger partial charge in [0.2, 0.25) is 0 Å². The summed E-state index contributed by atoms with van der Waals surface area (Å²) < 4.78 is 4.68. The molecule has 1 unspecified atom stereocenters. The first-order valence-electron chi connectivity index (χ1n) is 7.33. The van der Waals surface area contributed by atoms with E-state index in [4.69, 9.17) is 0 Å². The molecule has 0 amide bonds. The summed E-state index contributed by atoms with van der Waals surface area (Å²) in [6.45, 7) is 7.15. The Morgan fingerprint density at radius 2 is 1.95 bits per heavy atom. The molecule has 0 saturated carbocycles. The number of hydrogen-bond donors (Lipinski definition) is 1. The Morgan fingerprint density at radius 3 is 2.48 bits per heavy atom. The largest absolute Gasteiger partial charge is 0.332 e. The van der Waals surface area contributed by atoms with Gasteiger partial charge in [0.05, 0.1) is 6.54 Å². The molecule has 0 aromatic carbocycles. The van der Waals surface area contributed by atoms with Crippen molar-refractivity contribution in [2.45, 2.75) is 46.3 Å². The molecule has 2 heterocycles. The van der Waals surface area contributed by atoms with Crippen LogP contribution in [0, 0.1) is 0 Å². The molecule has 0 fully saturated rings. The molecule has 2 aromatic rings. The minimum atomic E-state index is -0.307. The SMILES string of the molecule is CCC(C)n1c(=O)n(C)c(=O)c2c1nc(CNC)n2CC. The highest BCUT2D eigenvalue weighted by atomic mass is 16.2. The maximum absolute atomic E-state index is 12.5. The number of aromatic nitrogens is 4. The predicted octanol–water partition coefficient (Wildman–Crippen LogP) is 0.607. The minimum absolute atomic E-state index is 0.00515. The third-order valence-electron chi connectivity index (χ3n) is 3.94. The summed E-state index contributed by atoms with van der Waals surface area (Å²) >= 11 is 0. The Kier molecular flexibility index (Phi) is 4.32. The molecule has 0 spiro atoms. The highest BCUT2D eigenvalue weighted by Gasteiger charge is 2.21. The second-order valence-electron chi connectivity index (χ2n) is 5.25. The lowest BCUT2D eigenvalue weighted by Crippen LogP contribution is -2.39. The normalized spacial score (nSPS) is 13.0. The molecule has 0 bridgehead atoms. The van der Waals surface area contributed by atoms with Gasteiger partial charge in [-0.15, -0.1) is 0 Å². The van der Waals surface area contributed by atoms with Crippen LogP contribution in [-0.2, 0) is 20.1 Å². The molecule has 0 aliphatic carbocycles. The fraction of sp³-hybridized carbons (Fsp3) is 0.643. The number of rotatable bonds is 5. The molecule has 1 atom stereocenters. The van der Waals surface area contributed by atoms with Crippen molar-refractivity contribution in [1.29, 1.82) is 0 Å². The quantitative estimate of drug-likeness (QED) is 0.876. The topological polar surface area (TPSA) is 73.8 Å². The van der Waals surface area contributed by atoms with E-state index in [0.29, 0.717) is 24.3 Å². The smallest absolute Gasteiger partial charge is 0.321 e. The number of nitrogens with zero attached hydrogens (tertiary/aromatic N) is 4. The first-order valence-corrected chi connectivity index (χ1v) is 7.33. The van der Waals surface area contributed by atoms with E-state index in [9.17, 15) is 9.59 Å². The number of hydrogen-bond acceptors (Lipinski definition) is 4. The molecule has 2 aromatic heterocycles. The van der Waals surface area contributed by atoms with Crippen molar-refractivity contribution in [2.24, 2.45) is 7.05 Å². The Balaban J connectivity index is 2.98. The molecular formula is C14H23N5O2. The van der Waals surface area contributed by atoms with Crippen molar-refractivity contribution in [2.75, 3.05) is 7.05 Å². The summed E-state index contributed by atoms with van der Waals surface area (Å²) in [6.07, 6.45) is 0.799. The Bertz CT molecular complexity index is 768. The molecule has 0 aliphatic rings. The van der Waals surface area contributed by atoms with Crippen LogP contribution in [0.1, 0.15) is 39.1 Å². The van der Waals surface area contributed by atoms with Crippen LogP contribution in [-0.4, -0.2) is 25.7 Å². The van der Waals surface area contributed by atoms with Crippen molar-refractivity contribution in [1.82, 2.24) is 24.0 Å². The van der Waals surface area contributed by atoms with Gasteiger partial charge in [0.15, 0.2) is 11.2 Å². The Morgan fingerprint density at radius 1 is 1.29 bits per heavy atom. The summed E-state index contributed by atoms with van der Waals surface area (Å²) in [7, 11) is 3.35. The molecule has 1 N–H and O–H groups in total. The zero-order valence-corrected chi connectivity index (χ0v) is 13.3. The molecule has 116 valence electrons. The van der Waals surface area contributed by atoms with Crippen LogP contribution >= 0.6 is 0 Å². The summed E-state index contributed by atoms with van der Waals surface area (Å²) in [5.41, 5.74) is 0.402. The van der Waals surface area contributed by atoms with E-state index in [2.05, 4.69) is 10.3 Å². The molecule has 0 saturated heterocycles. The van der Waals surface area contributed by atoms with Gasteiger partial charge in [-0.05, 0) is 27.3 Å². The number of fused-ring (bicyclic) bond motifs is 1. The van der Waals surface area contributed by atoms with Crippen LogP contribution in [0.15, 0.2) is 9.59 Å². The van der Waals surface area contributed by atoms with E-state index in [1.54, 1.807) is 4.57 Å². The zero-order valence-electron chi connectivity index (χ0n) is 13.3. The van der Waals surface area contributed by atoms with Crippen LogP contribution in [0.3, 0.4) is 0 Å². The van der Waals surface area contributed by atoms with Gasteiger partial charge in [-0.2, -0.15) is 0 Å². The first kappa shape index (κ1) is 15.5. The van der Waals surface area contributed by atoms with Crippen molar-refractivity contribution in [3.63, 3.8) is 0 Å². The summed E-state index contributed by atoms with van der Waals surface area (Å²) in [6, 6.07) is -0.00515. The van der Waals surface area contributed by atoms with Crippen molar-refractivity contribution in [3.8, 4) is 0 Å². The molecule has 2 rings (SSSR count). The van der Waals surface area contributed by atoms with Gasteiger partial charge in [0.1, 0.15) is 5.82 Å². The summed E-state index contributed by atoms with van der Waals surface area (Å²) in [5.74, 6) is 0.773. The average molecular weight is 293 g/mol. The lowest BCUT2D eigenvalue weighted by atomic mass is 10.2. The van der Waals surface area contributed by atoms with Gasteiger partial charge in [-0.3, -0.25) is 13.9 Å². The predicted molar refractivity (Wildman–Crippen MR) is 82.7 cm³/mol. The fourth-order valence-corrected chi connectivity index (χ4v) is 2.58. The maximum Gasteiger partial charge on any atom is 0.332 e. The monoisotopic (exact) mass is 293 g/mol. The Hall–Kier alpha value is -1.89. The van der Waals surface area contributed by atoms with Gasteiger partial charge < -0.3 is 9.88 Å². The van der Waals surface area contributed by atoms with Crippen molar-refractivity contribution in [3.05, 3.63) is 26.7 Å². The molecule has 0 radical (unpaired) electrons. The highest BCUT2D eigenvalue weighted by Crippen LogP contribution is 2.16.